The lowest BCUT2D eigenvalue weighted by Gasteiger charge is -2.35. The molecule has 0 N–H and O–H groups in total. The maximum absolute atomic E-state index is 13.3. The van der Waals surface area contributed by atoms with Crippen molar-refractivity contribution in [1.29, 1.82) is 0 Å². The predicted molar refractivity (Wildman–Crippen MR) is 127 cm³/mol. The number of carbonyl (C=O) groups is 1. The minimum atomic E-state index is -3.08. The Morgan fingerprint density at radius 3 is 2.42 bits per heavy atom. The second-order valence-electron chi connectivity index (χ2n) is 8.75. The number of amides is 1. The summed E-state index contributed by atoms with van der Waals surface area (Å²) in [7, 11) is -3.08. The number of rotatable bonds is 4. The van der Waals surface area contributed by atoms with Gasteiger partial charge in [-0.25, -0.2) is 13.4 Å². The number of nitrogens with zero attached hydrogens (tertiary/aromatic N) is 5. The van der Waals surface area contributed by atoms with E-state index in [-0.39, 0.29) is 23.5 Å². The van der Waals surface area contributed by atoms with Crippen molar-refractivity contribution in [2.75, 3.05) is 42.6 Å². The average molecular weight is 466 g/mol. The molecule has 0 bridgehead atoms. The zero-order valence-corrected chi connectivity index (χ0v) is 19.4. The molecule has 172 valence electrons. The molecule has 2 aliphatic heterocycles. The molecule has 4 heterocycles. The zero-order chi connectivity index (χ0) is 23.0. The summed E-state index contributed by atoms with van der Waals surface area (Å²) in [6, 6.07) is 15.4. The second kappa shape index (κ2) is 8.62. The Labute approximate surface area is 193 Å². The lowest BCUT2D eigenvalue weighted by molar-refractivity contribution is 0.0739. The fourth-order valence-electron chi connectivity index (χ4n) is 4.53. The summed E-state index contributed by atoms with van der Waals surface area (Å²) in [4.78, 5) is 21.7. The summed E-state index contributed by atoms with van der Waals surface area (Å²) in [6.45, 7) is 4.59. The van der Waals surface area contributed by atoms with Crippen LogP contribution in [0.4, 0.5) is 5.82 Å². The average Bonchev–Trinajstić information content (AvgIpc) is 3.43. The zero-order valence-electron chi connectivity index (χ0n) is 18.6. The Bertz CT molecular complexity index is 1250. The smallest absolute Gasteiger partial charge is 0.274 e. The first-order valence-electron chi connectivity index (χ1n) is 11.2. The van der Waals surface area contributed by atoms with Crippen LogP contribution in [-0.2, 0) is 9.84 Å². The second-order valence-corrected chi connectivity index (χ2v) is 11.0. The van der Waals surface area contributed by atoms with Gasteiger partial charge in [-0.15, -0.1) is 0 Å². The summed E-state index contributed by atoms with van der Waals surface area (Å²) in [6.07, 6.45) is 2.29. The maximum Gasteiger partial charge on any atom is 0.274 e. The van der Waals surface area contributed by atoms with Gasteiger partial charge in [0.15, 0.2) is 15.5 Å². The fraction of sp³-hybridized carbons (Fsp3) is 0.375. The number of hydrogen-bond donors (Lipinski definition) is 0. The van der Waals surface area contributed by atoms with E-state index in [0.29, 0.717) is 38.3 Å². The molecule has 2 aliphatic rings. The topological polar surface area (TPSA) is 88.4 Å². The van der Waals surface area contributed by atoms with Crippen molar-refractivity contribution in [2.45, 2.75) is 19.4 Å². The Balaban J connectivity index is 1.39. The molecule has 0 spiro atoms. The molecule has 2 fully saturated rings. The van der Waals surface area contributed by atoms with E-state index in [2.05, 4.69) is 15.0 Å². The van der Waals surface area contributed by atoms with Gasteiger partial charge in [0, 0.05) is 32.4 Å². The highest BCUT2D eigenvalue weighted by Crippen LogP contribution is 2.30. The third kappa shape index (κ3) is 4.50. The molecule has 3 aromatic rings. The third-order valence-corrected chi connectivity index (χ3v) is 8.15. The van der Waals surface area contributed by atoms with Gasteiger partial charge in [-0.05, 0) is 37.1 Å². The molecule has 2 aromatic heterocycles. The van der Waals surface area contributed by atoms with Crippen molar-refractivity contribution < 1.29 is 13.2 Å². The first-order valence-corrected chi connectivity index (χ1v) is 13.0. The molecule has 33 heavy (non-hydrogen) atoms. The van der Waals surface area contributed by atoms with Crippen LogP contribution < -0.4 is 4.90 Å². The Morgan fingerprint density at radius 2 is 1.79 bits per heavy atom. The number of aryl methyl sites for hydroxylation is 1. The maximum atomic E-state index is 13.3. The van der Waals surface area contributed by atoms with Gasteiger partial charge >= 0.3 is 0 Å². The minimum absolute atomic E-state index is 0.0594. The minimum Gasteiger partial charge on any atom is -0.353 e. The van der Waals surface area contributed by atoms with Gasteiger partial charge in [0.1, 0.15) is 5.82 Å². The van der Waals surface area contributed by atoms with E-state index in [1.807, 2.05) is 60.4 Å². The van der Waals surface area contributed by atoms with E-state index in [4.69, 9.17) is 0 Å². The Morgan fingerprint density at radius 1 is 1.03 bits per heavy atom. The highest BCUT2D eigenvalue weighted by atomic mass is 32.2. The number of anilines is 1. The molecule has 0 radical (unpaired) electrons. The van der Waals surface area contributed by atoms with Crippen molar-refractivity contribution in [1.82, 2.24) is 19.7 Å². The lowest BCUT2D eigenvalue weighted by atomic mass is 10.1. The van der Waals surface area contributed by atoms with Crippen LogP contribution in [0.25, 0.3) is 11.3 Å². The number of carbonyl (C=O) groups excluding carboxylic acids is 1. The van der Waals surface area contributed by atoms with Gasteiger partial charge in [0.05, 0.1) is 23.2 Å². The standard InChI is InChI=1S/C24H27N5O3S/c1-18-5-7-19(8-6-18)22-16-21(26-29(22)20-9-15-33(31,32)17-20)24(30)28-13-11-27(12-14-28)23-4-2-3-10-25-23/h2-8,10,16,20H,9,11-15,17H2,1H3/t20-/m1/s1. The molecule has 8 nitrogen and oxygen atoms in total. The summed E-state index contributed by atoms with van der Waals surface area (Å²) >= 11 is 0. The first-order chi connectivity index (χ1) is 15.9. The molecule has 2 saturated heterocycles. The summed E-state index contributed by atoms with van der Waals surface area (Å²) in [5.74, 6) is 1.01. The van der Waals surface area contributed by atoms with Crippen LogP contribution in [0.1, 0.15) is 28.5 Å². The highest BCUT2D eigenvalue weighted by Gasteiger charge is 2.33. The van der Waals surface area contributed by atoms with Gasteiger partial charge in [-0.3, -0.25) is 9.48 Å². The third-order valence-electron chi connectivity index (χ3n) is 6.40. The van der Waals surface area contributed by atoms with Gasteiger partial charge in [-0.2, -0.15) is 5.10 Å². The van der Waals surface area contributed by atoms with E-state index in [0.717, 1.165) is 22.6 Å². The fourth-order valence-corrected chi connectivity index (χ4v) is 6.22. The van der Waals surface area contributed by atoms with E-state index in [1.165, 1.54) is 0 Å². The highest BCUT2D eigenvalue weighted by molar-refractivity contribution is 7.91. The lowest BCUT2D eigenvalue weighted by Crippen LogP contribution is -2.49. The molecule has 1 aromatic carbocycles. The van der Waals surface area contributed by atoms with Crippen LogP contribution in [0, 0.1) is 6.92 Å². The number of sulfone groups is 1. The monoisotopic (exact) mass is 465 g/mol. The van der Waals surface area contributed by atoms with Crippen molar-refractivity contribution in [3.05, 3.63) is 66.0 Å². The summed E-state index contributed by atoms with van der Waals surface area (Å²) in [5.41, 5.74) is 3.21. The molecule has 0 aliphatic carbocycles. The van der Waals surface area contributed by atoms with Crippen LogP contribution in [-0.4, -0.2) is 71.7 Å². The van der Waals surface area contributed by atoms with E-state index in [9.17, 15) is 13.2 Å². The van der Waals surface area contributed by atoms with Crippen molar-refractivity contribution in [3.63, 3.8) is 0 Å². The molecule has 5 rings (SSSR count). The molecule has 9 heteroatoms. The largest absolute Gasteiger partial charge is 0.353 e. The van der Waals surface area contributed by atoms with Crippen LogP contribution in [0.5, 0.6) is 0 Å². The van der Waals surface area contributed by atoms with E-state index in [1.54, 1.807) is 10.9 Å². The van der Waals surface area contributed by atoms with Crippen LogP contribution >= 0.6 is 0 Å². The van der Waals surface area contributed by atoms with Crippen LogP contribution in [0.2, 0.25) is 0 Å². The van der Waals surface area contributed by atoms with Crippen molar-refractivity contribution in [2.24, 2.45) is 0 Å². The van der Waals surface area contributed by atoms with Crippen LogP contribution in [0.15, 0.2) is 54.7 Å². The first kappa shape index (κ1) is 21.6. The van der Waals surface area contributed by atoms with Crippen LogP contribution in [0.3, 0.4) is 0 Å². The Kier molecular flexibility index (Phi) is 5.65. The van der Waals surface area contributed by atoms with E-state index >= 15 is 0 Å². The molecule has 1 amide bonds. The molecule has 0 unspecified atom stereocenters. The van der Waals surface area contributed by atoms with Crippen molar-refractivity contribution in [3.8, 4) is 11.3 Å². The van der Waals surface area contributed by atoms with E-state index < -0.39 is 9.84 Å². The Hall–Kier alpha value is -3.20. The summed E-state index contributed by atoms with van der Waals surface area (Å²) in [5, 5.41) is 4.64. The molecular formula is C24H27N5O3S. The number of aromatic nitrogens is 3. The van der Waals surface area contributed by atoms with Gasteiger partial charge in [0.2, 0.25) is 0 Å². The predicted octanol–water partition coefficient (Wildman–Crippen LogP) is 2.58. The van der Waals surface area contributed by atoms with Gasteiger partial charge in [-0.1, -0.05) is 35.9 Å². The van der Waals surface area contributed by atoms with Gasteiger partial charge < -0.3 is 9.80 Å². The molecule has 1 atom stereocenters. The van der Waals surface area contributed by atoms with Crippen molar-refractivity contribution >= 4 is 21.6 Å². The number of pyridine rings is 1. The normalized spacial score (nSPS) is 20.2. The number of benzene rings is 1. The molecule has 0 saturated carbocycles. The SMILES string of the molecule is Cc1ccc(-c2cc(C(=O)N3CCN(c4ccccn4)CC3)nn2[C@@H]2CCS(=O)(=O)C2)cc1. The number of piperazine rings is 1. The molecular weight excluding hydrogens is 438 g/mol. The van der Waals surface area contributed by atoms with Gasteiger partial charge in [0.25, 0.3) is 5.91 Å². The quantitative estimate of drug-likeness (QED) is 0.589. The summed E-state index contributed by atoms with van der Waals surface area (Å²) < 4.78 is 26.0. The number of hydrogen-bond acceptors (Lipinski definition) is 6.